The molecule has 0 saturated carbocycles. The van der Waals surface area contributed by atoms with Crippen LogP contribution in [0.5, 0.6) is 0 Å². The zero-order chi connectivity index (χ0) is 9.80. The summed E-state index contributed by atoms with van der Waals surface area (Å²) in [4.78, 5) is 6.61. The summed E-state index contributed by atoms with van der Waals surface area (Å²) in [5.41, 5.74) is 0. The highest BCUT2D eigenvalue weighted by molar-refractivity contribution is 7.09. The van der Waals surface area contributed by atoms with Gasteiger partial charge in [-0.05, 0) is 0 Å². The van der Waals surface area contributed by atoms with Gasteiger partial charge in [0.05, 0.1) is 19.3 Å². The molecule has 0 N–H and O–H groups in total. The van der Waals surface area contributed by atoms with Gasteiger partial charge in [-0.3, -0.25) is 4.90 Å². The van der Waals surface area contributed by atoms with Gasteiger partial charge in [0, 0.05) is 30.5 Å². The summed E-state index contributed by atoms with van der Waals surface area (Å²) in [6.45, 7) is 3.60. The zero-order valence-electron chi connectivity index (χ0n) is 7.86. The van der Waals surface area contributed by atoms with E-state index in [1.54, 1.807) is 11.3 Å². The molecule has 2 heterocycles. The van der Waals surface area contributed by atoms with Gasteiger partial charge in [0.15, 0.2) is 0 Å². The topological polar surface area (TPSA) is 25.4 Å². The molecule has 0 spiro atoms. The molecular formula is C9H13ClN2OS. The lowest BCUT2D eigenvalue weighted by atomic mass is 10.3. The van der Waals surface area contributed by atoms with E-state index in [-0.39, 0.29) is 6.10 Å². The molecule has 1 aromatic heterocycles. The molecule has 14 heavy (non-hydrogen) atoms. The number of alkyl halides is 1. The predicted octanol–water partition coefficient (Wildman–Crippen LogP) is 1.58. The first-order chi connectivity index (χ1) is 6.88. The number of halogens is 1. The highest BCUT2D eigenvalue weighted by atomic mass is 35.5. The van der Waals surface area contributed by atoms with Crippen LogP contribution in [0, 0.1) is 0 Å². The van der Waals surface area contributed by atoms with Crippen LogP contribution in [-0.2, 0) is 11.3 Å². The fraction of sp³-hybridized carbons (Fsp3) is 0.667. The van der Waals surface area contributed by atoms with Crippen molar-refractivity contribution in [3.8, 4) is 0 Å². The van der Waals surface area contributed by atoms with Gasteiger partial charge in [-0.1, -0.05) is 0 Å². The van der Waals surface area contributed by atoms with Crippen molar-refractivity contribution < 1.29 is 4.74 Å². The maximum absolute atomic E-state index is 5.76. The van der Waals surface area contributed by atoms with Crippen molar-refractivity contribution in [1.82, 2.24) is 9.88 Å². The van der Waals surface area contributed by atoms with Crippen LogP contribution < -0.4 is 0 Å². The zero-order valence-corrected chi connectivity index (χ0v) is 9.43. The minimum atomic E-state index is 0.186. The van der Waals surface area contributed by atoms with Gasteiger partial charge in [-0.15, -0.1) is 22.9 Å². The Hall–Kier alpha value is -0.160. The Kier molecular flexibility index (Phi) is 3.75. The number of thiazole rings is 1. The third kappa shape index (κ3) is 2.67. The van der Waals surface area contributed by atoms with Crippen LogP contribution in [0.15, 0.2) is 11.6 Å². The average molecular weight is 233 g/mol. The van der Waals surface area contributed by atoms with E-state index >= 15 is 0 Å². The van der Waals surface area contributed by atoms with E-state index in [4.69, 9.17) is 16.3 Å². The van der Waals surface area contributed by atoms with E-state index < -0.39 is 0 Å². The van der Waals surface area contributed by atoms with Crippen LogP contribution in [0.1, 0.15) is 5.01 Å². The molecule has 1 saturated heterocycles. The van der Waals surface area contributed by atoms with Gasteiger partial charge in [0.1, 0.15) is 5.01 Å². The highest BCUT2D eigenvalue weighted by Gasteiger charge is 2.19. The molecule has 1 unspecified atom stereocenters. The summed E-state index contributed by atoms with van der Waals surface area (Å²) >= 11 is 7.46. The maximum Gasteiger partial charge on any atom is 0.107 e. The molecule has 3 nitrogen and oxygen atoms in total. The normalized spacial score (nSPS) is 23.9. The van der Waals surface area contributed by atoms with E-state index in [0.29, 0.717) is 5.88 Å². The van der Waals surface area contributed by atoms with E-state index in [0.717, 1.165) is 26.2 Å². The van der Waals surface area contributed by atoms with Crippen molar-refractivity contribution in [1.29, 1.82) is 0 Å². The molecule has 2 rings (SSSR count). The van der Waals surface area contributed by atoms with Crippen LogP contribution in [-0.4, -0.2) is 41.6 Å². The molecule has 1 atom stereocenters. The van der Waals surface area contributed by atoms with Gasteiger partial charge in [0.25, 0.3) is 0 Å². The first-order valence-corrected chi connectivity index (χ1v) is 6.08. The average Bonchev–Trinajstić information content (AvgIpc) is 2.71. The second-order valence-electron chi connectivity index (χ2n) is 3.31. The summed E-state index contributed by atoms with van der Waals surface area (Å²) in [6, 6.07) is 0. The summed E-state index contributed by atoms with van der Waals surface area (Å²) in [5, 5.41) is 3.18. The Balaban J connectivity index is 1.86. The lowest BCUT2D eigenvalue weighted by molar-refractivity contribution is -0.0194. The van der Waals surface area contributed by atoms with Gasteiger partial charge in [0.2, 0.25) is 0 Å². The van der Waals surface area contributed by atoms with Gasteiger partial charge in [-0.2, -0.15) is 0 Å². The van der Waals surface area contributed by atoms with E-state index in [2.05, 4.69) is 9.88 Å². The van der Waals surface area contributed by atoms with Crippen LogP contribution in [0.4, 0.5) is 0 Å². The van der Waals surface area contributed by atoms with E-state index in [1.165, 1.54) is 5.01 Å². The predicted molar refractivity (Wildman–Crippen MR) is 57.9 cm³/mol. The fourth-order valence-electron chi connectivity index (χ4n) is 1.54. The Morgan fingerprint density at radius 3 is 3.36 bits per heavy atom. The van der Waals surface area contributed by atoms with Crippen LogP contribution in [0.3, 0.4) is 0 Å². The molecular weight excluding hydrogens is 220 g/mol. The first-order valence-electron chi connectivity index (χ1n) is 4.67. The number of aromatic nitrogens is 1. The lowest BCUT2D eigenvalue weighted by Gasteiger charge is -2.31. The third-order valence-electron chi connectivity index (χ3n) is 2.24. The second kappa shape index (κ2) is 5.07. The summed E-state index contributed by atoms with van der Waals surface area (Å²) in [7, 11) is 0. The first kappa shape index (κ1) is 10.4. The summed E-state index contributed by atoms with van der Waals surface area (Å²) in [6.07, 6.45) is 2.03. The second-order valence-corrected chi connectivity index (χ2v) is 4.60. The summed E-state index contributed by atoms with van der Waals surface area (Å²) < 4.78 is 5.49. The van der Waals surface area contributed by atoms with Gasteiger partial charge in [-0.25, -0.2) is 4.98 Å². The smallest absolute Gasteiger partial charge is 0.107 e. The maximum atomic E-state index is 5.76. The Morgan fingerprint density at radius 2 is 2.64 bits per heavy atom. The Labute approximate surface area is 92.7 Å². The quantitative estimate of drug-likeness (QED) is 0.740. The molecule has 0 aliphatic carbocycles. The van der Waals surface area contributed by atoms with Crippen molar-refractivity contribution in [2.24, 2.45) is 0 Å². The molecule has 1 aliphatic rings. The van der Waals surface area contributed by atoms with Crippen molar-refractivity contribution in [2.45, 2.75) is 12.6 Å². The van der Waals surface area contributed by atoms with Crippen molar-refractivity contribution in [3.05, 3.63) is 16.6 Å². The van der Waals surface area contributed by atoms with Crippen LogP contribution >= 0.6 is 22.9 Å². The third-order valence-corrected chi connectivity index (χ3v) is 3.35. The standard InChI is InChI=1S/C9H13ClN2OS/c10-5-8-6-12(2-3-13-8)7-9-11-1-4-14-9/h1,4,8H,2-3,5-7H2. The van der Waals surface area contributed by atoms with E-state index in [9.17, 15) is 0 Å². The van der Waals surface area contributed by atoms with Crippen LogP contribution in [0.25, 0.3) is 0 Å². The number of ether oxygens (including phenoxy) is 1. The minimum Gasteiger partial charge on any atom is -0.374 e. The molecule has 0 aromatic carbocycles. The minimum absolute atomic E-state index is 0.186. The Bertz CT molecular complexity index is 268. The highest BCUT2D eigenvalue weighted by Crippen LogP contribution is 2.12. The number of rotatable bonds is 3. The van der Waals surface area contributed by atoms with Crippen molar-refractivity contribution in [3.63, 3.8) is 0 Å². The van der Waals surface area contributed by atoms with Gasteiger partial charge < -0.3 is 4.74 Å². The van der Waals surface area contributed by atoms with E-state index in [1.807, 2.05) is 11.6 Å². The SMILES string of the molecule is ClCC1CN(Cc2nccs2)CCO1. The molecule has 1 fully saturated rings. The van der Waals surface area contributed by atoms with Crippen molar-refractivity contribution in [2.75, 3.05) is 25.6 Å². The number of hydrogen-bond donors (Lipinski definition) is 0. The summed E-state index contributed by atoms with van der Waals surface area (Å²) in [5.74, 6) is 0.578. The lowest BCUT2D eigenvalue weighted by Crippen LogP contribution is -2.42. The molecule has 1 aliphatic heterocycles. The molecule has 0 amide bonds. The molecule has 0 bridgehead atoms. The number of nitrogens with zero attached hydrogens (tertiary/aromatic N) is 2. The monoisotopic (exact) mass is 232 g/mol. The fourth-order valence-corrected chi connectivity index (χ4v) is 2.38. The number of morpholine rings is 1. The largest absolute Gasteiger partial charge is 0.374 e. The Morgan fingerprint density at radius 1 is 1.71 bits per heavy atom. The van der Waals surface area contributed by atoms with Crippen molar-refractivity contribution >= 4 is 22.9 Å². The molecule has 5 heteroatoms. The number of hydrogen-bond acceptors (Lipinski definition) is 4. The molecule has 1 aromatic rings. The molecule has 0 radical (unpaired) electrons. The van der Waals surface area contributed by atoms with Gasteiger partial charge >= 0.3 is 0 Å². The van der Waals surface area contributed by atoms with Crippen LogP contribution in [0.2, 0.25) is 0 Å². The molecule has 78 valence electrons.